The van der Waals surface area contributed by atoms with Crippen LogP contribution in [0.1, 0.15) is 36.9 Å². The molecular weight excluding hydrogens is 376 g/mol. The minimum atomic E-state index is -0.848. The summed E-state index contributed by atoms with van der Waals surface area (Å²) in [5.74, 6) is 0. The SMILES string of the molecule is OC1C(n2ccc3c(Cl)ncnc32)CC2(CCC(c3ccccc3)NC2)C1O. The van der Waals surface area contributed by atoms with E-state index >= 15 is 0 Å². The number of aliphatic hydroxyl groups excluding tert-OH is 2. The van der Waals surface area contributed by atoms with E-state index in [0.29, 0.717) is 23.8 Å². The fraction of sp³-hybridized carbons (Fsp3) is 0.429. The molecule has 1 aliphatic heterocycles. The Bertz CT molecular complexity index is 984. The number of nitrogens with zero attached hydrogens (tertiary/aromatic N) is 3. The number of nitrogens with one attached hydrogen (secondary N) is 1. The molecule has 0 amide bonds. The van der Waals surface area contributed by atoms with E-state index in [1.54, 1.807) is 0 Å². The molecule has 1 spiro atoms. The number of hydrogen-bond acceptors (Lipinski definition) is 5. The number of rotatable bonds is 2. The van der Waals surface area contributed by atoms with Crippen molar-refractivity contribution in [1.82, 2.24) is 19.9 Å². The quantitative estimate of drug-likeness (QED) is 0.578. The molecule has 2 aromatic heterocycles. The first-order chi connectivity index (χ1) is 13.6. The summed E-state index contributed by atoms with van der Waals surface area (Å²) in [6.45, 7) is 0.677. The van der Waals surface area contributed by atoms with Crippen LogP contribution in [0.3, 0.4) is 0 Å². The van der Waals surface area contributed by atoms with Crippen LogP contribution < -0.4 is 5.32 Å². The van der Waals surface area contributed by atoms with Gasteiger partial charge in [-0.2, -0.15) is 0 Å². The standard InChI is InChI=1S/C21H23ClN4O2/c22-19-14-7-9-26(20(14)25-12-24-19)16-10-21(18(28)17(16)27)8-6-15(23-11-21)13-4-2-1-3-5-13/h1-5,7,9,12,15-18,23,27-28H,6,8,10-11H2. The Morgan fingerprint density at radius 3 is 2.71 bits per heavy atom. The molecule has 1 aromatic carbocycles. The van der Waals surface area contributed by atoms with Crippen molar-refractivity contribution < 1.29 is 10.2 Å². The van der Waals surface area contributed by atoms with Crippen LogP contribution in [0.25, 0.3) is 11.0 Å². The summed E-state index contributed by atoms with van der Waals surface area (Å²) in [5.41, 5.74) is 1.62. The highest BCUT2D eigenvalue weighted by Crippen LogP contribution is 2.50. The summed E-state index contributed by atoms with van der Waals surface area (Å²) in [6, 6.07) is 12.3. The third kappa shape index (κ3) is 2.75. The van der Waals surface area contributed by atoms with Gasteiger partial charge in [0, 0.05) is 24.2 Å². The average Bonchev–Trinajstić information content (AvgIpc) is 3.26. The molecule has 3 heterocycles. The van der Waals surface area contributed by atoms with Gasteiger partial charge in [-0.3, -0.25) is 0 Å². The molecule has 6 nitrogen and oxygen atoms in total. The highest BCUT2D eigenvalue weighted by Gasteiger charge is 2.54. The molecule has 3 aromatic rings. The number of fused-ring (bicyclic) bond motifs is 1. The van der Waals surface area contributed by atoms with E-state index in [4.69, 9.17) is 11.6 Å². The topological polar surface area (TPSA) is 83.2 Å². The number of aromatic nitrogens is 3. The molecule has 2 fully saturated rings. The minimum absolute atomic E-state index is 0.242. The molecule has 1 saturated heterocycles. The number of halogens is 1. The van der Waals surface area contributed by atoms with Crippen LogP contribution >= 0.6 is 11.6 Å². The zero-order valence-electron chi connectivity index (χ0n) is 15.4. The fourth-order valence-electron chi connectivity index (χ4n) is 5.05. The smallest absolute Gasteiger partial charge is 0.145 e. The van der Waals surface area contributed by atoms with E-state index in [9.17, 15) is 10.2 Å². The Labute approximate surface area is 168 Å². The van der Waals surface area contributed by atoms with Gasteiger partial charge in [-0.25, -0.2) is 9.97 Å². The molecular formula is C21H23ClN4O2. The van der Waals surface area contributed by atoms with Gasteiger partial charge in [0.2, 0.25) is 0 Å². The van der Waals surface area contributed by atoms with E-state index in [1.807, 2.05) is 22.9 Å². The van der Waals surface area contributed by atoms with Crippen LogP contribution in [0.2, 0.25) is 5.15 Å². The second kappa shape index (κ2) is 6.81. The normalized spacial score (nSPS) is 33.0. The third-order valence-electron chi connectivity index (χ3n) is 6.61. The van der Waals surface area contributed by atoms with Crippen LogP contribution in [0.15, 0.2) is 48.9 Å². The minimum Gasteiger partial charge on any atom is -0.390 e. The van der Waals surface area contributed by atoms with Gasteiger partial charge < -0.3 is 20.1 Å². The molecule has 0 bridgehead atoms. The predicted molar refractivity (Wildman–Crippen MR) is 107 cm³/mol. The Balaban J connectivity index is 1.40. The second-order valence-electron chi connectivity index (χ2n) is 8.08. The third-order valence-corrected chi connectivity index (χ3v) is 6.91. The summed E-state index contributed by atoms with van der Waals surface area (Å²) in [6.07, 6.45) is 4.17. The van der Waals surface area contributed by atoms with E-state index in [1.165, 1.54) is 11.9 Å². The summed E-state index contributed by atoms with van der Waals surface area (Å²) < 4.78 is 1.94. The van der Waals surface area contributed by atoms with Gasteiger partial charge >= 0.3 is 0 Å². The van der Waals surface area contributed by atoms with Gasteiger partial charge in [0.1, 0.15) is 23.2 Å². The predicted octanol–water partition coefficient (Wildman–Crippen LogP) is 2.86. The molecule has 1 saturated carbocycles. The summed E-state index contributed by atoms with van der Waals surface area (Å²) >= 11 is 6.17. The Morgan fingerprint density at radius 2 is 1.96 bits per heavy atom. The van der Waals surface area contributed by atoms with Gasteiger partial charge in [-0.05, 0) is 30.9 Å². The molecule has 0 radical (unpaired) electrons. The van der Waals surface area contributed by atoms with Crippen molar-refractivity contribution in [2.75, 3.05) is 6.54 Å². The first-order valence-corrected chi connectivity index (χ1v) is 10.1. The lowest BCUT2D eigenvalue weighted by Crippen LogP contribution is -2.48. The maximum absolute atomic E-state index is 11.0. The molecule has 7 heteroatoms. The second-order valence-corrected chi connectivity index (χ2v) is 8.43. The van der Waals surface area contributed by atoms with Gasteiger partial charge in [0.25, 0.3) is 0 Å². The zero-order chi connectivity index (χ0) is 19.3. The van der Waals surface area contributed by atoms with Crippen molar-refractivity contribution in [1.29, 1.82) is 0 Å². The lowest BCUT2D eigenvalue weighted by atomic mass is 9.74. The first kappa shape index (κ1) is 18.1. The summed E-state index contributed by atoms with van der Waals surface area (Å²) in [7, 11) is 0. The number of piperidine rings is 1. The lowest BCUT2D eigenvalue weighted by Gasteiger charge is -2.40. The molecule has 5 atom stereocenters. The molecule has 3 N–H and O–H groups in total. The highest BCUT2D eigenvalue weighted by molar-refractivity contribution is 6.33. The van der Waals surface area contributed by atoms with Crippen LogP contribution in [0.4, 0.5) is 0 Å². The van der Waals surface area contributed by atoms with E-state index in [2.05, 4.69) is 39.6 Å². The number of aliphatic hydroxyl groups is 2. The number of hydrogen-bond donors (Lipinski definition) is 3. The maximum Gasteiger partial charge on any atom is 0.145 e. The van der Waals surface area contributed by atoms with Crippen molar-refractivity contribution in [3.63, 3.8) is 0 Å². The Morgan fingerprint density at radius 1 is 1.14 bits per heavy atom. The monoisotopic (exact) mass is 398 g/mol. The van der Waals surface area contributed by atoms with E-state index in [0.717, 1.165) is 18.2 Å². The number of benzene rings is 1. The van der Waals surface area contributed by atoms with Crippen LogP contribution in [-0.2, 0) is 0 Å². The van der Waals surface area contributed by atoms with Gasteiger partial charge in [0.05, 0.1) is 17.5 Å². The van der Waals surface area contributed by atoms with Crippen LogP contribution in [0.5, 0.6) is 0 Å². The highest BCUT2D eigenvalue weighted by atomic mass is 35.5. The van der Waals surface area contributed by atoms with Gasteiger partial charge in [-0.1, -0.05) is 41.9 Å². The summed E-state index contributed by atoms with van der Waals surface area (Å²) in [5, 5.41) is 26.6. The molecule has 2 aliphatic rings. The van der Waals surface area contributed by atoms with E-state index in [-0.39, 0.29) is 17.5 Å². The Hall–Kier alpha value is -1.99. The van der Waals surface area contributed by atoms with Crippen molar-refractivity contribution >= 4 is 22.6 Å². The summed E-state index contributed by atoms with van der Waals surface area (Å²) in [4.78, 5) is 8.37. The van der Waals surface area contributed by atoms with Crippen molar-refractivity contribution in [3.05, 3.63) is 59.6 Å². The van der Waals surface area contributed by atoms with Crippen molar-refractivity contribution in [2.45, 2.75) is 43.6 Å². The molecule has 1 aliphatic carbocycles. The Kier molecular flexibility index (Phi) is 4.39. The largest absolute Gasteiger partial charge is 0.390 e. The van der Waals surface area contributed by atoms with E-state index < -0.39 is 12.2 Å². The molecule has 5 rings (SSSR count). The molecule has 5 unspecified atom stereocenters. The molecule has 146 valence electrons. The first-order valence-electron chi connectivity index (χ1n) is 9.71. The van der Waals surface area contributed by atoms with Gasteiger partial charge in [-0.15, -0.1) is 0 Å². The zero-order valence-corrected chi connectivity index (χ0v) is 16.1. The van der Waals surface area contributed by atoms with Crippen molar-refractivity contribution in [2.24, 2.45) is 5.41 Å². The van der Waals surface area contributed by atoms with Crippen LogP contribution in [0, 0.1) is 5.41 Å². The van der Waals surface area contributed by atoms with Crippen molar-refractivity contribution in [3.8, 4) is 0 Å². The average molecular weight is 399 g/mol. The maximum atomic E-state index is 11.0. The molecule has 28 heavy (non-hydrogen) atoms. The van der Waals surface area contributed by atoms with Crippen LogP contribution in [-0.4, -0.2) is 43.5 Å². The van der Waals surface area contributed by atoms with Gasteiger partial charge in [0.15, 0.2) is 0 Å². The lowest BCUT2D eigenvalue weighted by molar-refractivity contribution is -0.0398. The fourth-order valence-corrected chi connectivity index (χ4v) is 5.24.